The number of aryl methyl sites for hydroxylation is 1. The van der Waals surface area contributed by atoms with Gasteiger partial charge in [0, 0.05) is 11.1 Å². The quantitative estimate of drug-likeness (QED) is 0.807. The van der Waals surface area contributed by atoms with Crippen LogP contribution < -0.4 is 10.6 Å². The maximum atomic E-state index is 11.5. The average molecular weight is 326 g/mol. The molecule has 0 aromatic carbocycles. The highest BCUT2D eigenvalue weighted by Crippen LogP contribution is 2.27. The zero-order chi connectivity index (χ0) is 12.1. The molecule has 0 unspecified atom stereocenters. The van der Waals surface area contributed by atoms with Gasteiger partial charge in [-0.1, -0.05) is 6.92 Å². The minimum absolute atomic E-state index is 0. The fourth-order valence-electron chi connectivity index (χ4n) is 1.54. The van der Waals surface area contributed by atoms with Crippen LogP contribution in [0.25, 0.3) is 0 Å². The molecular weight excluding hydrogens is 305 g/mol. The fourth-order valence-corrected chi connectivity index (χ4v) is 2.34. The molecule has 0 atom stereocenters. The van der Waals surface area contributed by atoms with Gasteiger partial charge in [-0.3, -0.25) is 4.79 Å². The number of hydrogen-bond acceptors (Lipinski definition) is 4. The van der Waals surface area contributed by atoms with Crippen molar-refractivity contribution in [2.24, 2.45) is 5.92 Å². The van der Waals surface area contributed by atoms with Gasteiger partial charge in [0.1, 0.15) is 5.01 Å². The van der Waals surface area contributed by atoms with E-state index in [0.29, 0.717) is 13.1 Å². The summed E-state index contributed by atoms with van der Waals surface area (Å²) < 4.78 is 0. The van der Waals surface area contributed by atoms with Crippen molar-refractivity contribution >= 4 is 42.1 Å². The van der Waals surface area contributed by atoms with Crippen molar-refractivity contribution < 1.29 is 4.79 Å². The number of aromatic nitrogens is 1. The highest BCUT2D eigenvalue weighted by Gasteiger charge is 2.20. The molecule has 2 rings (SSSR count). The second kappa shape index (κ2) is 9.53. The second-order valence-electron chi connectivity index (χ2n) is 4.42. The maximum Gasteiger partial charge on any atom is 0.234 e. The molecule has 1 amide bonds. The third kappa shape index (κ3) is 7.11. The van der Waals surface area contributed by atoms with Crippen LogP contribution in [0.1, 0.15) is 29.7 Å². The third-order valence-electron chi connectivity index (χ3n) is 2.80. The Bertz CT molecular complexity index is 383. The highest BCUT2D eigenvalue weighted by atomic mass is 35.5. The molecule has 1 fully saturated rings. The maximum absolute atomic E-state index is 11.5. The molecule has 1 aromatic rings. The van der Waals surface area contributed by atoms with Crippen LogP contribution in [-0.4, -0.2) is 24.0 Å². The van der Waals surface area contributed by atoms with Gasteiger partial charge in [0.15, 0.2) is 0 Å². The Morgan fingerprint density at radius 2 is 2.21 bits per heavy atom. The van der Waals surface area contributed by atoms with Crippen molar-refractivity contribution in [1.82, 2.24) is 15.6 Å². The topological polar surface area (TPSA) is 54.0 Å². The average Bonchev–Trinajstić information content (AvgIpc) is 3.04. The van der Waals surface area contributed by atoms with E-state index in [4.69, 9.17) is 0 Å². The van der Waals surface area contributed by atoms with Gasteiger partial charge in [0.05, 0.1) is 13.1 Å². The lowest BCUT2D eigenvalue weighted by atomic mass is 10.4. The van der Waals surface area contributed by atoms with Crippen molar-refractivity contribution in [2.45, 2.75) is 32.7 Å². The van der Waals surface area contributed by atoms with E-state index < -0.39 is 0 Å². The van der Waals surface area contributed by atoms with Crippen LogP contribution in [0.5, 0.6) is 0 Å². The standard InChI is InChI=1S/C12H19N3OS.2ClH/c1-2-10-6-15-12(17-10)8-14-11(16)7-13-5-9-3-4-9;;/h6,9,13H,2-5,7-8H2,1H3,(H,14,16);2*1H. The molecule has 0 aliphatic heterocycles. The predicted molar refractivity (Wildman–Crippen MR) is 83.4 cm³/mol. The molecule has 4 nitrogen and oxygen atoms in total. The van der Waals surface area contributed by atoms with E-state index in [1.54, 1.807) is 11.3 Å². The van der Waals surface area contributed by atoms with Crippen LogP contribution in [0, 0.1) is 5.92 Å². The molecule has 0 bridgehead atoms. The smallest absolute Gasteiger partial charge is 0.234 e. The summed E-state index contributed by atoms with van der Waals surface area (Å²) in [4.78, 5) is 17.0. The summed E-state index contributed by atoms with van der Waals surface area (Å²) in [6.07, 6.45) is 5.52. The summed E-state index contributed by atoms with van der Waals surface area (Å²) in [6.45, 7) is 4.06. The van der Waals surface area contributed by atoms with E-state index in [1.807, 2.05) is 6.20 Å². The van der Waals surface area contributed by atoms with Gasteiger partial charge in [-0.15, -0.1) is 36.2 Å². The number of nitrogens with zero attached hydrogens (tertiary/aromatic N) is 1. The fraction of sp³-hybridized carbons (Fsp3) is 0.667. The van der Waals surface area contributed by atoms with E-state index in [2.05, 4.69) is 22.5 Å². The van der Waals surface area contributed by atoms with Crippen LogP contribution >= 0.6 is 36.2 Å². The molecule has 19 heavy (non-hydrogen) atoms. The van der Waals surface area contributed by atoms with Crippen LogP contribution in [-0.2, 0) is 17.8 Å². The third-order valence-corrected chi connectivity index (χ3v) is 3.94. The van der Waals surface area contributed by atoms with E-state index >= 15 is 0 Å². The first kappa shape index (κ1) is 18.6. The Morgan fingerprint density at radius 3 is 2.79 bits per heavy atom. The minimum Gasteiger partial charge on any atom is -0.348 e. The normalized spacial score (nSPS) is 13.3. The SMILES string of the molecule is CCc1cnc(CNC(=O)CNCC2CC2)s1.Cl.Cl. The highest BCUT2D eigenvalue weighted by molar-refractivity contribution is 7.11. The summed E-state index contributed by atoms with van der Waals surface area (Å²) in [5.74, 6) is 0.868. The van der Waals surface area contributed by atoms with Crippen LogP contribution in [0.15, 0.2) is 6.20 Å². The number of nitrogens with one attached hydrogen (secondary N) is 2. The summed E-state index contributed by atoms with van der Waals surface area (Å²) in [5.41, 5.74) is 0. The summed E-state index contributed by atoms with van der Waals surface area (Å²) in [6, 6.07) is 0. The molecule has 0 radical (unpaired) electrons. The molecule has 0 saturated heterocycles. The Balaban J connectivity index is 0.00000162. The molecule has 110 valence electrons. The zero-order valence-corrected chi connectivity index (χ0v) is 13.4. The van der Waals surface area contributed by atoms with Gasteiger partial charge >= 0.3 is 0 Å². The molecule has 2 N–H and O–H groups in total. The first-order chi connectivity index (χ1) is 8.28. The molecule has 7 heteroatoms. The lowest BCUT2D eigenvalue weighted by molar-refractivity contribution is -0.120. The molecule has 1 heterocycles. The number of amides is 1. The summed E-state index contributed by atoms with van der Waals surface area (Å²) in [7, 11) is 0. The first-order valence-electron chi connectivity index (χ1n) is 6.19. The van der Waals surface area contributed by atoms with Gasteiger partial charge in [0.25, 0.3) is 0 Å². The Hall–Kier alpha value is -0.360. The predicted octanol–water partition coefficient (Wildman–Crippen LogP) is 2.16. The van der Waals surface area contributed by atoms with Gasteiger partial charge in [-0.2, -0.15) is 0 Å². The number of carbonyl (C=O) groups excluding carboxylic acids is 1. The zero-order valence-electron chi connectivity index (χ0n) is 11.0. The van der Waals surface area contributed by atoms with Crippen molar-refractivity contribution in [3.05, 3.63) is 16.1 Å². The number of carbonyl (C=O) groups is 1. The van der Waals surface area contributed by atoms with Crippen molar-refractivity contribution in [2.75, 3.05) is 13.1 Å². The van der Waals surface area contributed by atoms with Crippen molar-refractivity contribution in [1.29, 1.82) is 0 Å². The number of rotatable bonds is 7. The van der Waals surface area contributed by atoms with Crippen molar-refractivity contribution in [3.8, 4) is 0 Å². The van der Waals surface area contributed by atoms with E-state index in [0.717, 1.165) is 23.9 Å². The Morgan fingerprint density at radius 1 is 1.47 bits per heavy atom. The van der Waals surface area contributed by atoms with Gasteiger partial charge in [-0.05, 0) is 31.7 Å². The van der Waals surface area contributed by atoms with Gasteiger partial charge in [-0.25, -0.2) is 4.98 Å². The van der Waals surface area contributed by atoms with E-state index in [-0.39, 0.29) is 30.7 Å². The van der Waals surface area contributed by atoms with Crippen LogP contribution in [0.3, 0.4) is 0 Å². The van der Waals surface area contributed by atoms with Crippen LogP contribution in [0.2, 0.25) is 0 Å². The minimum atomic E-state index is 0. The first-order valence-corrected chi connectivity index (χ1v) is 7.00. The number of thiazole rings is 1. The second-order valence-corrected chi connectivity index (χ2v) is 5.62. The van der Waals surface area contributed by atoms with E-state index in [9.17, 15) is 4.79 Å². The van der Waals surface area contributed by atoms with Crippen LogP contribution in [0.4, 0.5) is 0 Å². The monoisotopic (exact) mass is 325 g/mol. The lowest BCUT2D eigenvalue weighted by Gasteiger charge is -2.04. The summed E-state index contributed by atoms with van der Waals surface area (Å²) >= 11 is 1.67. The summed E-state index contributed by atoms with van der Waals surface area (Å²) in [5, 5.41) is 7.03. The largest absolute Gasteiger partial charge is 0.348 e. The van der Waals surface area contributed by atoms with Gasteiger partial charge < -0.3 is 10.6 Å². The molecule has 1 saturated carbocycles. The van der Waals surface area contributed by atoms with E-state index in [1.165, 1.54) is 17.7 Å². The lowest BCUT2D eigenvalue weighted by Crippen LogP contribution is -2.34. The van der Waals surface area contributed by atoms with Crippen molar-refractivity contribution in [3.63, 3.8) is 0 Å². The molecule has 1 aliphatic rings. The Labute approximate surface area is 130 Å². The number of halogens is 2. The number of hydrogen-bond donors (Lipinski definition) is 2. The van der Waals surface area contributed by atoms with Gasteiger partial charge in [0.2, 0.25) is 5.91 Å². The molecule has 1 aromatic heterocycles. The molecular formula is C12H21Cl2N3OS. The Kier molecular flexibility index (Phi) is 9.35. The molecule has 1 aliphatic carbocycles. The molecule has 0 spiro atoms.